The molecule has 0 aliphatic carbocycles. The van der Waals surface area contributed by atoms with Crippen LogP contribution in [0.5, 0.6) is 0 Å². The standard InChI is InChI=1S/C17H24ClN3/c1-12-7-8-16-15(10-12)19-17(13(2)18)21(16)11-14-6-4-5-9-20(14)3/h7-8,10,13-14H,4-6,9,11H2,1-3H3. The molecule has 4 heteroatoms. The minimum Gasteiger partial charge on any atom is -0.325 e. The first-order valence-electron chi connectivity index (χ1n) is 7.87. The number of benzene rings is 1. The van der Waals surface area contributed by atoms with E-state index in [2.05, 4.69) is 41.6 Å². The maximum Gasteiger partial charge on any atom is 0.127 e. The summed E-state index contributed by atoms with van der Waals surface area (Å²) in [5.74, 6) is 0.997. The van der Waals surface area contributed by atoms with E-state index >= 15 is 0 Å². The largest absolute Gasteiger partial charge is 0.325 e. The van der Waals surface area contributed by atoms with E-state index in [0.29, 0.717) is 6.04 Å². The van der Waals surface area contributed by atoms with Crippen molar-refractivity contribution in [2.24, 2.45) is 0 Å². The number of hydrogen-bond acceptors (Lipinski definition) is 2. The van der Waals surface area contributed by atoms with Crippen LogP contribution in [-0.4, -0.2) is 34.1 Å². The molecule has 2 heterocycles. The fourth-order valence-electron chi connectivity index (χ4n) is 3.34. The molecule has 1 aromatic heterocycles. The average Bonchev–Trinajstić information content (AvgIpc) is 2.79. The molecule has 0 saturated carbocycles. The highest BCUT2D eigenvalue weighted by molar-refractivity contribution is 6.20. The molecule has 114 valence electrons. The van der Waals surface area contributed by atoms with Crippen LogP contribution in [0.3, 0.4) is 0 Å². The smallest absolute Gasteiger partial charge is 0.127 e. The Morgan fingerprint density at radius 1 is 1.38 bits per heavy atom. The minimum absolute atomic E-state index is 0.0633. The van der Waals surface area contributed by atoms with Gasteiger partial charge in [-0.2, -0.15) is 0 Å². The fraction of sp³-hybridized carbons (Fsp3) is 0.588. The monoisotopic (exact) mass is 305 g/mol. The summed E-state index contributed by atoms with van der Waals surface area (Å²) in [7, 11) is 2.23. The topological polar surface area (TPSA) is 21.1 Å². The van der Waals surface area contributed by atoms with Crippen LogP contribution in [0.4, 0.5) is 0 Å². The summed E-state index contributed by atoms with van der Waals surface area (Å²) < 4.78 is 2.33. The van der Waals surface area contributed by atoms with E-state index in [-0.39, 0.29) is 5.38 Å². The van der Waals surface area contributed by atoms with E-state index < -0.39 is 0 Å². The molecular formula is C17H24ClN3. The molecule has 1 aromatic carbocycles. The predicted octanol–water partition coefficient (Wildman–Crippen LogP) is 4.13. The molecular weight excluding hydrogens is 282 g/mol. The van der Waals surface area contributed by atoms with Gasteiger partial charge in [0.2, 0.25) is 0 Å². The fourth-order valence-corrected chi connectivity index (χ4v) is 3.51. The van der Waals surface area contributed by atoms with Crippen LogP contribution in [0.25, 0.3) is 11.0 Å². The highest BCUT2D eigenvalue weighted by Gasteiger charge is 2.23. The summed E-state index contributed by atoms with van der Waals surface area (Å²) in [4.78, 5) is 7.25. The van der Waals surface area contributed by atoms with Gasteiger partial charge in [-0.1, -0.05) is 12.5 Å². The number of nitrogens with zero attached hydrogens (tertiary/aromatic N) is 3. The highest BCUT2D eigenvalue weighted by atomic mass is 35.5. The second-order valence-corrected chi connectivity index (χ2v) is 6.97. The molecule has 21 heavy (non-hydrogen) atoms. The third-order valence-electron chi connectivity index (χ3n) is 4.60. The molecule has 1 fully saturated rings. The Morgan fingerprint density at radius 3 is 2.90 bits per heavy atom. The lowest BCUT2D eigenvalue weighted by Gasteiger charge is -2.33. The van der Waals surface area contributed by atoms with Crippen molar-refractivity contribution in [3.8, 4) is 0 Å². The molecule has 1 saturated heterocycles. The van der Waals surface area contributed by atoms with Crippen molar-refractivity contribution < 1.29 is 0 Å². The van der Waals surface area contributed by atoms with Crippen molar-refractivity contribution in [2.75, 3.05) is 13.6 Å². The van der Waals surface area contributed by atoms with Gasteiger partial charge in [-0.05, 0) is 58.0 Å². The van der Waals surface area contributed by atoms with Gasteiger partial charge in [0.05, 0.1) is 16.4 Å². The zero-order valence-corrected chi connectivity index (χ0v) is 13.9. The first kappa shape index (κ1) is 14.9. The Kier molecular flexibility index (Phi) is 4.23. The van der Waals surface area contributed by atoms with E-state index in [4.69, 9.17) is 16.6 Å². The molecule has 2 atom stereocenters. The number of aryl methyl sites for hydroxylation is 1. The number of imidazole rings is 1. The van der Waals surface area contributed by atoms with E-state index in [1.54, 1.807) is 0 Å². The van der Waals surface area contributed by atoms with Gasteiger partial charge in [0.15, 0.2) is 0 Å². The van der Waals surface area contributed by atoms with Gasteiger partial charge in [0, 0.05) is 12.6 Å². The quantitative estimate of drug-likeness (QED) is 0.795. The number of hydrogen-bond donors (Lipinski definition) is 0. The van der Waals surface area contributed by atoms with Crippen LogP contribution >= 0.6 is 11.6 Å². The molecule has 0 N–H and O–H groups in total. The van der Waals surface area contributed by atoms with Crippen LogP contribution < -0.4 is 0 Å². The first-order chi connectivity index (χ1) is 10.1. The highest BCUT2D eigenvalue weighted by Crippen LogP contribution is 2.27. The number of alkyl halides is 1. The van der Waals surface area contributed by atoms with Crippen molar-refractivity contribution >= 4 is 22.6 Å². The molecule has 0 bridgehead atoms. The third kappa shape index (κ3) is 2.95. The van der Waals surface area contributed by atoms with Crippen LogP contribution in [0.1, 0.15) is 43.0 Å². The number of fused-ring (bicyclic) bond motifs is 1. The summed E-state index contributed by atoms with van der Waals surface area (Å²) in [6.45, 7) is 6.30. The van der Waals surface area contributed by atoms with Gasteiger partial charge in [0.1, 0.15) is 5.82 Å². The maximum absolute atomic E-state index is 6.38. The lowest BCUT2D eigenvalue weighted by molar-refractivity contribution is 0.167. The SMILES string of the molecule is Cc1ccc2c(c1)nc(C(C)Cl)n2CC1CCCCN1C. The van der Waals surface area contributed by atoms with Crippen molar-refractivity contribution in [2.45, 2.75) is 51.1 Å². The molecule has 3 rings (SSSR count). The van der Waals surface area contributed by atoms with E-state index in [1.165, 1.54) is 36.9 Å². The van der Waals surface area contributed by atoms with Crippen molar-refractivity contribution in [3.05, 3.63) is 29.6 Å². The van der Waals surface area contributed by atoms with Crippen LogP contribution in [0.15, 0.2) is 18.2 Å². The average molecular weight is 306 g/mol. The lowest BCUT2D eigenvalue weighted by Crippen LogP contribution is -2.39. The molecule has 1 aliphatic rings. The third-order valence-corrected chi connectivity index (χ3v) is 4.80. The van der Waals surface area contributed by atoms with Gasteiger partial charge in [0.25, 0.3) is 0 Å². The second kappa shape index (κ2) is 5.98. The molecule has 3 nitrogen and oxygen atoms in total. The molecule has 2 aromatic rings. The van der Waals surface area contributed by atoms with E-state index in [9.17, 15) is 0 Å². The number of likely N-dealkylation sites (tertiary alicyclic amines) is 1. The zero-order chi connectivity index (χ0) is 15.0. The van der Waals surface area contributed by atoms with E-state index in [1.807, 2.05) is 6.92 Å². The number of halogens is 1. The zero-order valence-electron chi connectivity index (χ0n) is 13.1. The summed E-state index contributed by atoms with van der Waals surface area (Å²) in [5.41, 5.74) is 3.52. The molecule has 1 aliphatic heterocycles. The summed E-state index contributed by atoms with van der Waals surface area (Å²) in [5, 5.41) is -0.0633. The van der Waals surface area contributed by atoms with E-state index in [0.717, 1.165) is 17.9 Å². The Hall–Kier alpha value is -1.06. The number of likely N-dealkylation sites (N-methyl/N-ethyl adjacent to an activating group) is 1. The lowest BCUT2D eigenvalue weighted by atomic mass is 10.0. The van der Waals surface area contributed by atoms with Crippen molar-refractivity contribution in [1.29, 1.82) is 0 Å². The number of piperidine rings is 1. The Balaban J connectivity index is 2.00. The van der Waals surface area contributed by atoms with Crippen LogP contribution in [0, 0.1) is 6.92 Å². The Morgan fingerprint density at radius 2 is 2.19 bits per heavy atom. The van der Waals surface area contributed by atoms with Crippen molar-refractivity contribution in [3.63, 3.8) is 0 Å². The molecule has 0 spiro atoms. The first-order valence-corrected chi connectivity index (χ1v) is 8.31. The number of rotatable bonds is 3. The summed E-state index contributed by atoms with van der Waals surface area (Å²) >= 11 is 6.38. The molecule has 2 unspecified atom stereocenters. The van der Waals surface area contributed by atoms with Gasteiger partial charge in [-0.25, -0.2) is 4.98 Å². The van der Waals surface area contributed by atoms with Crippen molar-refractivity contribution in [1.82, 2.24) is 14.5 Å². The van der Waals surface area contributed by atoms with Gasteiger partial charge in [-0.15, -0.1) is 11.6 Å². The van der Waals surface area contributed by atoms with Gasteiger partial charge >= 0.3 is 0 Å². The maximum atomic E-state index is 6.38. The molecule has 0 amide bonds. The minimum atomic E-state index is -0.0633. The Bertz CT molecular complexity index is 632. The summed E-state index contributed by atoms with van der Waals surface area (Å²) in [6.07, 6.45) is 3.90. The van der Waals surface area contributed by atoms with Gasteiger partial charge in [-0.3, -0.25) is 0 Å². The van der Waals surface area contributed by atoms with Crippen LogP contribution in [0.2, 0.25) is 0 Å². The molecule has 0 radical (unpaired) electrons. The Labute approximate surface area is 131 Å². The second-order valence-electron chi connectivity index (χ2n) is 6.32. The number of aromatic nitrogens is 2. The summed E-state index contributed by atoms with van der Waals surface area (Å²) in [6, 6.07) is 7.09. The van der Waals surface area contributed by atoms with Gasteiger partial charge < -0.3 is 9.47 Å². The normalized spacial score (nSPS) is 21.8. The van der Waals surface area contributed by atoms with Crippen LogP contribution in [-0.2, 0) is 6.54 Å². The predicted molar refractivity (Wildman–Crippen MR) is 89.0 cm³/mol.